The van der Waals surface area contributed by atoms with Gasteiger partial charge < -0.3 is 20.3 Å². The largest absolute Gasteiger partial charge is 0.382 e. The number of hydrogen-bond donors (Lipinski definition) is 2. The van der Waals surface area contributed by atoms with Crippen LogP contribution in [0.4, 0.5) is 8.78 Å². The number of nitrogens with zero attached hydrogens (tertiary/aromatic N) is 3. The van der Waals surface area contributed by atoms with Crippen LogP contribution >= 0.6 is 24.0 Å². The number of aliphatic imine (C=N–C) groups is 1. The van der Waals surface area contributed by atoms with Crippen molar-refractivity contribution in [3.8, 4) is 0 Å². The Bertz CT molecular complexity index is 728. The van der Waals surface area contributed by atoms with E-state index >= 15 is 0 Å². The van der Waals surface area contributed by atoms with Crippen molar-refractivity contribution in [1.29, 1.82) is 0 Å². The molecule has 1 saturated heterocycles. The van der Waals surface area contributed by atoms with Crippen molar-refractivity contribution in [2.45, 2.75) is 38.8 Å². The number of amides is 1. The lowest BCUT2D eigenvalue weighted by atomic mass is 10.0. The molecule has 0 aliphatic carbocycles. The Labute approximate surface area is 207 Å². The van der Waals surface area contributed by atoms with E-state index in [0.717, 1.165) is 37.9 Å². The molecule has 0 unspecified atom stereocenters. The predicted octanol–water partition coefficient (Wildman–Crippen LogP) is 2.60. The van der Waals surface area contributed by atoms with Crippen LogP contribution in [0.2, 0.25) is 0 Å². The molecule has 10 heteroatoms. The van der Waals surface area contributed by atoms with Crippen molar-refractivity contribution in [3.63, 3.8) is 0 Å². The highest BCUT2D eigenvalue weighted by atomic mass is 127. The first-order chi connectivity index (χ1) is 14.9. The van der Waals surface area contributed by atoms with Crippen LogP contribution < -0.4 is 10.6 Å². The molecular formula is C22H36F2IN5O2. The summed E-state index contributed by atoms with van der Waals surface area (Å²) in [4.78, 5) is 20.1. The Morgan fingerprint density at radius 2 is 1.97 bits per heavy atom. The molecule has 0 aromatic heterocycles. The first-order valence-electron chi connectivity index (χ1n) is 10.9. The van der Waals surface area contributed by atoms with Crippen LogP contribution in [0.25, 0.3) is 0 Å². The van der Waals surface area contributed by atoms with Gasteiger partial charge in [0.2, 0.25) is 5.91 Å². The first kappa shape index (κ1) is 28.5. The molecule has 1 fully saturated rings. The van der Waals surface area contributed by atoms with Crippen LogP contribution in [-0.4, -0.2) is 81.2 Å². The van der Waals surface area contributed by atoms with E-state index in [1.165, 1.54) is 17.0 Å². The van der Waals surface area contributed by atoms with E-state index in [2.05, 4.69) is 20.5 Å². The van der Waals surface area contributed by atoms with Gasteiger partial charge in [-0.15, -0.1) is 24.0 Å². The number of piperidine rings is 1. The van der Waals surface area contributed by atoms with E-state index < -0.39 is 11.6 Å². The van der Waals surface area contributed by atoms with Gasteiger partial charge >= 0.3 is 0 Å². The van der Waals surface area contributed by atoms with E-state index in [1.54, 1.807) is 20.2 Å². The zero-order valence-corrected chi connectivity index (χ0v) is 21.5. The lowest BCUT2D eigenvalue weighted by Gasteiger charge is -2.33. The van der Waals surface area contributed by atoms with Crippen molar-refractivity contribution in [2.75, 3.05) is 53.5 Å². The fourth-order valence-electron chi connectivity index (χ4n) is 3.29. The van der Waals surface area contributed by atoms with Gasteiger partial charge in [-0.3, -0.25) is 9.69 Å². The quantitative estimate of drug-likeness (QED) is 0.197. The average molecular weight is 567 g/mol. The summed E-state index contributed by atoms with van der Waals surface area (Å²) in [7, 11) is 3.42. The van der Waals surface area contributed by atoms with Crippen LogP contribution in [0.1, 0.15) is 31.7 Å². The highest BCUT2D eigenvalue weighted by Crippen LogP contribution is 2.16. The highest BCUT2D eigenvalue weighted by molar-refractivity contribution is 14.0. The molecule has 182 valence electrons. The van der Waals surface area contributed by atoms with Crippen LogP contribution in [0.5, 0.6) is 0 Å². The van der Waals surface area contributed by atoms with Gasteiger partial charge in [0.05, 0.1) is 0 Å². The second-order valence-electron chi connectivity index (χ2n) is 7.87. The Balaban J connectivity index is 0.00000512. The Kier molecular flexibility index (Phi) is 13.7. The molecule has 1 aliphatic heterocycles. The molecule has 1 aromatic rings. The summed E-state index contributed by atoms with van der Waals surface area (Å²) in [5.41, 5.74) is 0.769. The number of hydrogen-bond acceptors (Lipinski definition) is 4. The summed E-state index contributed by atoms with van der Waals surface area (Å²) >= 11 is 0. The maximum atomic E-state index is 13.4. The molecule has 0 radical (unpaired) electrons. The Morgan fingerprint density at radius 3 is 2.59 bits per heavy atom. The first-order valence-corrected chi connectivity index (χ1v) is 10.9. The number of carbonyl (C=O) groups excluding carboxylic acids is 1. The number of halogens is 3. The van der Waals surface area contributed by atoms with Crippen LogP contribution in [0.15, 0.2) is 23.2 Å². The summed E-state index contributed by atoms with van der Waals surface area (Å²) in [5, 5.41) is 6.71. The zero-order chi connectivity index (χ0) is 22.6. The van der Waals surface area contributed by atoms with Gasteiger partial charge in [-0.25, -0.2) is 13.8 Å². The maximum Gasteiger partial charge on any atom is 0.243 e. The van der Waals surface area contributed by atoms with Gasteiger partial charge in [-0.2, -0.15) is 0 Å². The fourth-order valence-corrected chi connectivity index (χ4v) is 3.29. The number of guanidine groups is 1. The molecule has 0 saturated carbocycles. The van der Waals surface area contributed by atoms with E-state index in [0.29, 0.717) is 32.3 Å². The molecule has 1 aromatic carbocycles. The molecule has 0 atom stereocenters. The summed E-state index contributed by atoms with van der Waals surface area (Å²) in [5.74, 6) is -1.06. The van der Waals surface area contributed by atoms with Crippen LogP contribution in [0.3, 0.4) is 0 Å². The zero-order valence-electron chi connectivity index (χ0n) is 19.2. The number of likely N-dealkylation sites (tertiary alicyclic amines) is 1. The lowest BCUT2D eigenvalue weighted by molar-refractivity contribution is -0.127. The minimum absolute atomic E-state index is 0. The highest BCUT2D eigenvalue weighted by Gasteiger charge is 2.20. The molecule has 2 rings (SSSR count). The molecular weight excluding hydrogens is 531 g/mol. The van der Waals surface area contributed by atoms with E-state index in [1.807, 2.05) is 6.92 Å². The predicted molar refractivity (Wildman–Crippen MR) is 133 cm³/mol. The minimum Gasteiger partial charge on any atom is -0.382 e. The van der Waals surface area contributed by atoms with Gasteiger partial charge in [0.1, 0.15) is 6.54 Å². The molecule has 0 bridgehead atoms. The van der Waals surface area contributed by atoms with Crippen molar-refractivity contribution in [3.05, 3.63) is 35.4 Å². The number of nitrogens with one attached hydrogen (secondary N) is 2. The summed E-state index contributed by atoms with van der Waals surface area (Å²) in [6, 6.07) is 4.29. The number of rotatable bonds is 10. The molecule has 1 heterocycles. The van der Waals surface area contributed by atoms with Crippen molar-refractivity contribution >= 4 is 35.8 Å². The van der Waals surface area contributed by atoms with Crippen molar-refractivity contribution in [1.82, 2.24) is 20.4 Å². The number of benzene rings is 1. The molecule has 2 N–H and O–H groups in total. The average Bonchev–Trinajstić information content (AvgIpc) is 2.75. The third kappa shape index (κ3) is 10.4. The molecule has 1 amide bonds. The van der Waals surface area contributed by atoms with Gasteiger partial charge in [-0.1, -0.05) is 6.07 Å². The lowest BCUT2D eigenvalue weighted by Crippen LogP contribution is -2.49. The summed E-state index contributed by atoms with van der Waals surface area (Å²) in [6.07, 6.45) is 2.64. The minimum atomic E-state index is -0.819. The van der Waals surface area contributed by atoms with Crippen LogP contribution in [-0.2, 0) is 16.1 Å². The fraction of sp³-hybridized carbons (Fsp3) is 0.636. The van der Waals surface area contributed by atoms with Gasteiger partial charge in [0.15, 0.2) is 17.6 Å². The standard InChI is InChI=1S/C22H35F2N5O2.HI/c1-4-31-13-5-10-25-22(26-15-21(30)28(2)3)27-18-8-11-29(12-9-18)16-17-6-7-19(23)20(24)14-17;/h6-7,14,18H,4-5,8-13,15-16H2,1-3H3,(H2,25,26,27);1H. The summed E-state index contributed by atoms with van der Waals surface area (Å²) < 4.78 is 31.9. The molecule has 7 nitrogen and oxygen atoms in total. The van der Waals surface area contributed by atoms with Crippen molar-refractivity contribution < 1.29 is 18.3 Å². The van der Waals surface area contributed by atoms with Gasteiger partial charge in [-0.05, 0) is 43.9 Å². The number of ether oxygens (including phenoxy) is 1. The normalized spacial score (nSPS) is 15.2. The number of likely N-dealkylation sites (N-methyl/N-ethyl adjacent to an activating group) is 1. The SMILES string of the molecule is CCOCCCNC(=NCC(=O)N(C)C)NC1CCN(Cc2ccc(F)c(F)c2)CC1.I. The molecule has 1 aliphatic rings. The third-order valence-corrected chi connectivity index (χ3v) is 5.15. The van der Waals surface area contributed by atoms with Gasteiger partial charge in [0.25, 0.3) is 0 Å². The van der Waals surface area contributed by atoms with Crippen LogP contribution in [0, 0.1) is 11.6 Å². The van der Waals surface area contributed by atoms with Gasteiger partial charge in [0, 0.05) is 59.5 Å². The second-order valence-corrected chi connectivity index (χ2v) is 7.87. The smallest absolute Gasteiger partial charge is 0.243 e. The number of carbonyl (C=O) groups is 1. The van der Waals surface area contributed by atoms with E-state index in [-0.39, 0.29) is 42.5 Å². The second kappa shape index (κ2) is 15.3. The maximum absolute atomic E-state index is 13.4. The third-order valence-electron chi connectivity index (χ3n) is 5.15. The Hall–Kier alpha value is -1.53. The summed E-state index contributed by atoms with van der Waals surface area (Å²) in [6.45, 7) is 6.40. The topological polar surface area (TPSA) is 69.2 Å². The monoisotopic (exact) mass is 567 g/mol. The van der Waals surface area contributed by atoms with E-state index in [4.69, 9.17) is 4.74 Å². The Morgan fingerprint density at radius 1 is 1.25 bits per heavy atom. The van der Waals surface area contributed by atoms with E-state index in [9.17, 15) is 13.6 Å². The molecule has 32 heavy (non-hydrogen) atoms. The molecule has 0 spiro atoms. The van der Waals surface area contributed by atoms with Crippen molar-refractivity contribution in [2.24, 2.45) is 4.99 Å².